The number of amides is 2. The van der Waals surface area contributed by atoms with E-state index in [2.05, 4.69) is 26.3 Å². The maximum Gasteiger partial charge on any atom is 0.295 e. The van der Waals surface area contributed by atoms with Gasteiger partial charge in [-0.25, -0.2) is 9.97 Å². The Morgan fingerprint density at radius 2 is 1.92 bits per heavy atom. The van der Waals surface area contributed by atoms with Crippen LogP contribution in [-0.2, 0) is 9.53 Å². The smallest absolute Gasteiger partial charge is 0.295 e. The number of fused-ring (bicyclic) bond motifs is 1. The molecular weight excluding hydrogens is 644 g/mol. The number of ether oxygens (including phenoxy) is 2. The van der Waals surface area contributed by atoms with Crippen LogP contribution in [0.3, 0.4) is 0 Å². The third-order valence-corrected chi connectivity index (χ3v) is 9.02. The zero-order chi connectivity index (χ0) is 35.1. The summed E-state index contributed by atoms with van der Waals surface area (Å²) in [6, 6.07) is 11.8. The average Bonchev–Trinajstić information content (AvgIpc) is 3.77. The van der Waals surface area contributed by atoms with Crippen LogP contribution in [0.2, 0.25) is 0 Å². The lowest BCUT2D eigenvalue weighted by Gasteiger charge is -2.29. The lowest BCUT2D eigenvalue weighted by atomic mass is 9.93. The molecule has 4 heterocycles. The molecular formula is C36H40N6O6S. The van der Waals surface area contributed by atoms with E-state index < -0.39 is 23.2 Å². The van der Waals surface area contributed by atoms with Crippen molar-refractivity contribution in [3.63, 3.8) is 0 Å². The number of hydrogen-bond acceptors (Lipinski definition) is 10. The molecule has 0 bridgehead atoms. The Balaban J connectivity index is 1.45. The number of ketones is 1. The van der Waals surface area contributed by atoms with Gasteiger partial charge < -0.3 is 29.8 Å². The van der Waals surface area contributed by atoms with Gasteiger partial charge in [0.25, 0.3) is 17.6 Å². The first-order valence-corrected chi connectivity index (χ1v) is 17.1. The Hall–Kier alpha value is -4.90. The third-order valence-electron chi connectivity index (χ3n) is 8.17. The molecule has 0 radical (unpaired) electrons. The molecule has 3 N–H and O–H groups in total. The molecule has 4 aromatic rings. The van der Waals surface area contributed by atoms with Gasteiger partial charge in [0.1, 0.15) is 27.7 Å². The number of benzene rings is 1. The van der Waals surface area contributed by atoms with E-state index in [9.17, 15) is 19.6 Å². The van der Waals surface area contributed by atoms with E-state index in [1.54, 1.807) is 5.38 Å². The Morgan fingerprint density at radius 3 is 2.59 bits per heavy atom. The van der Waals surface area contributed by atoms with Gasteiger partial charge in [-0.05, 0) is 51.7 Å². The SMILES string of the molecule is CC(C)OCCC(C)(C)Oc1cnc(-c2nc(C(=O)NCCO)cs2)c2[nH]cc(C(=O)C(=O)N3CCC(=C(C#N)c4ccccc4)CC3)c12. The fourth-order valence-corrected chi connectivity index (χ4v) is 6.41. The number of H-pyrrole nitrogens is 1. The molecule has 3 aromatic heterocycles. The maximum absolute atomic E-state index is 14.0. The van der Waals surface area contributed by atoms with Crippen LogP contribution in [0.5, 0.6) is 5.75 Å². The van der Waals surface area contributed by atoms with E-state index >= 15 is 0 Å². The van der Waals surface area contributed by atoms with E-state index in [1.165, 1.54) is 28.6 Å². The van der Waals surface area contributed by atoms with Crippen molar-refractivity contribution in [2.24, 2.45) is 0 Å². The molecule has 1 saturated heterocycles. The van der Waals surface area contributed by atoms with Crippen LogP contribution in [0, 0.1) is 11.3 Å². The monoisotopic (exact) mass is 684 g/mol. The molecule has 1 aliphatic rings. The molecule has 0 atom stereocenters. The Bertz CT molecular complexity index is 1900. The zero-order valence-corrected chi connectivity index (χ0v) is 28.9. The molecule has 1 fully saturated rings. The first kappa shape index (κ1) is 35.4. The summed E-state index contributed by atoms with van der Waals surface area (Å²) in [5.41, 5.74) is 2.81. The maximum atomic E-state index is 14.0. The number of hydrogen-bond donors (Lipinski definition) is 3. The molecule has 1 aliphatic heterocycles. The number of nitrogens with one attached hydrogen (secondary N) is 2. The number of aromatic amines is 1. The first-order valence-electron chi connectivity index (χ1n) is 16.2. The minimum absolute atomic E-state index is 0.0588. The first-order chi connectivity index (χ1) is 23.5. The van der Waals surface area contributed by atoms with Crippen molar-refractivity contribution in [1.82, 2.24) is 25.2 Å². The number of nitriles is 1. The standard InChI is InChI=1S/C36H40N6O6S/c1-22(2)47-17-12-36(3,4)48-28-20-40-31(34-41-27(21-49-34)33(45)38-13-16-43)30-29(28)26(19-39-30)32(44)35(46)42-14-10-24(11-15-42)25(18-37)23-8-6-5-7-9-23/h5-9,19-22,39,43H,10-17H2,1-4H3,(H,38,45). The third kappa shape index (κ3) is 8.22. The Morgan fingerprint density at radius 1 is 1.18 bits per heavy atom. The van der Waals surface area contributed by atoms with Gasteiger partial charge in [0.15, 0.2) is 0 Å². The number of likely N-dealkylation sites (tertiary alicyclic amines) is 1. The number of aliphatic hydroxyl groups is 1. The molecule has 13 heteroatoms. The van der Waals surface area contributed by atoms with Crippen molar-refractivity contribution in [2.75, 3.05) is 32.8 Å². The molecule has 2 amide bonds. The summed E-state index contributed by atoms with van der Waals surface area (Å²) in [5, 5.41) is 23.9. The minimum atomic E-state index is -0.710. The molecule has 1 aromatic carbocycles. The molecule has 256 valence electrons. The van der Waals surface area contributed by atoms with Gasteiger partial charge in [0.05, 0.1) is 53.6 Å². The van der Waals surface area contributed by atoms with Gasteiger partial charge >= 0.3 is 0 Å². The number of rotatable bonds is 13. The summed E-state index contributed by atoms with van der Waals surface area (Å²) in [6.07, 6.45) is 4.57. The van der Waals surface area contributed by atoms with Crippen molar-refractivity contribution in [2.45, 2.75) is 58.7 Å². The summed E-state index contributed by atoms with van der Waals surface area (Å²) in [4.78, 5) is 53.9. The van der Waals surface area contributed by atoms with Crippen molar-refractivity contribution < 1.29 is 29.0 Å². The zero-order valence-electron chi connectivity index (χ0n) is 28.0. The van der Waals surface area contributed by atoms with E-state index in [4.69, 9.17) is 14.6 Å². The predicted octanol–water partition coefficient (Wildman–Crippen LogP) is 5.16. The number of carbonyl (C=O) groups excluding carboxylic acids is 3. The molecule has 0 aliphatic carbocycles. The summed E-state index contributed by atoms with van der Waals surface area (Å²) in [5.74, 6) is -1.47. The highest BCUT2D eigenvalue weighted by Crippen LogP contribution is 2.38. The van der Waals surface area contributed by atoms with Crippen LogP contribution < -0.4 is 10.1 Å². The number of aliphatic hydroxyl groups excluding tert-OH is 1. The van der Waals surface area contributed by atoms with Crippen LogP contribution >= 0.6 is 11.3 Å². The number of pyridine rings is 1. The topological polar surface area (TPSA) is 171 Å². The summed E-state index contributed by atoms with van der Waals surface area (Å²) in [6.45, 7) is 8.71. The van der Waals surface area contributed by atoms with Gasteiger partial charge in [-0.3, -0.25) is 14.4 Å². The molecule has 0 unspecified atom stereocenters. The lowest BCUT2D eigenvalue weighted by molar-refractivity contribution is -0.126. The summed E-state index contributed by atoms with van der Waals surface area (Å²) in [7, 11) is 0. The highest BCUT2D eigenvalue weighted by atomic mass is 32.1. The molecule has 0 saturated carbocycles. The molecule has 12 nitrogen and oxygen atoms in total. The second kappa shape index (κ2) is 15.5. The van der Waals surface area contributed by atoms with Gasteiger partial charge in [-0.15, -0.1) is 11.3 Å². The average molecular weight is 685 g/mol. The van der Waals surface area contributed by atoms with Crippen LogP contribution in [0.1, 0.15) is 73.4 Å². The number of thiazole rings is 1. The van der Waals surface area contributed by atoms with Crippen molar-refractivity contribution >= 4 is 45.4 Å². The normalized spacial score (nSPS) is 13.4. The van der Waals surface area contributed by atoms with Gasteiger partial charge in [0.2, 0.25) is 0 Å². The molecule has 0 spiro atoms. The largest absolute Gasteiger partial charge is 0.485 e. The Labute approximate surface area is 288 Å². The fraction of sp³-hybridized carbons (Fsp3) is 0.389. The second-order valence-corrected chi connectivity index (χ2v) is 13.4. The van der Waals surface area contributed by atoms with Crippen LogP contribution in [0.25, 0.3) is 27.2 Å². The number of carbonyl (C=O) groups is 3. The quantitative estimate of drug-likeness (QED) is 0.0977. The highest BCUT2D eigenvalue weighted by molar-refractivity contribution is 7.13. The van der Waals surface area contributed by atoms with Crippen LogP contribution in [-0.4, -0.2) is 87.1 Å². The van der Waals surface area contributed by atoms with Crippen molar-refractivity contribution in [1.29, 1.82) is 5.26 Å². The van der Waals surface area contributed by atoms with Crippen LogP contribution in [0.15, 0.2) is 53.7 Å². The molecule has 49 heavy (non-hydrogen) atoms. The van der Waals surface area contributed by atoms with E-state index in [-0.39, 0.29) is 30.5 Å². The highest BCUT2D eigenvalue weighted by Gasteiger charge is 2.32. The number of piperidine rings is 1. The van der Waals surface area contributed by atoms with Crippen LogP contribution in [0.4, 0.5) is 0 Å². The molecule has 5 rings (SSSR count). The van der Waals surface area contributed by atoms with E-state index in [1.807, 2.05) is 58.0 Å². The van der Waals surface area contributed by atoms with E-state index in [0.29, 0.717) is 71.9 Å². The number of aromatic nitrogens is 3. The summed E-state index contributed by atoms with van der Waals surface area (Å²) >= 11 is 1.20. The predicted molar refractivity (Wildman–Crippen MR) is 186 cm³/mol. The number of nitrogens with zero attached hydrogens (tertiary/aromatic N) is 4. The van der Waals surface area contributed by atoms with Crippen molar-refractivity contribution in [3.05, 3.63) is 70.5 Å². The van der Waals surface area contributed by atoms with Crippen molar-refractivity contribution in [3.8, 4) is 22.5 Å². The lowest BCUT2D eigenvalue weighted by Crippen LogP contribution is -2.40. The van der Waals surface area contributed by atoms with Gasteiger partial charge in [0, 0.05) is 37.6 Å². The number of allylic oxidation sites excluding steroid dienone is 1. The second-order valence-electron chi connectivity index (χ2n) is 12.5. The minimum Gasteiger partial charge on any atom is -0.485 e. The summed E-state index contributed by atoms with van der Waals surface area (Å²) < 4.78 is 12.2. The fourth-order valence-electron chi connectivity index (χ4n) is 5.61. The number of Topliss-reactive ketones (excluding diaryl/α,β-unsaturated/α-hetero) is 1. The van der Waals surface area contributed by atoms with Gasteiger partial charge in [-0.1, -0.05) is 30.3 Å². The van der Waals surface area contributed by atoms with Gasteiger partial charge in [-0.2, -0.15) is 5.26 Å². The Kier molecular flexibility index (Phi) is 11.2. The van der Waals surface area contributed by atoms with E-state index in [0.717, 1.165) is 11.1 Å².